The molecule has 3 aromatic heterocycles. The van der Waals surface area contributed by atoms with Gasteiger partial charge in [-0.2, -0.15) is 13.2 Å². The van der Waals surface area contributed by atoms with Gasteiger partial charge in [0.25, 0.3) is 11.5 Å². The second-order valence-electron chi connectivity index (χ2n) is 8.83. The number of amides is 1. The Hall–Kier alpha value is -3.61. The summed E-state index contributed by atoms with van der Waals surface area (Å²) >= 11 is 0. The van der Waals surface area contributed by atoms with Gasteiger partial charge in [-0.1, -0.05) is 0 Å². The Balaban J connectivity index is 1.63. The van der Waals surface area contributed by atoms with Gasteiger partial charge in [-0.05, 0) is 39.8 Å². The lowest BCUT2D eigenvalue weighted by Crippen LogP contribution is -2.48. The summed E-state index contributed by atoms with van der Waals surface area (Å²) in [6, 6.07) is 0.865. The van der Waals surface area contributed by atoms with Crippen molar-refractivity contribution in [2.24, 2.45) is 0 Å². The lowest BCUT2D eigenvalue weighted by molar-refractivity contribution is -0.141. The maximum Gasteiger partial charge on any atom is 0.433 e. The number of aromatic amines is 1. The SMILES string of the molecule is Cc1nc2nc(C(F)(F)F)c([C@H](C)Nc3ncc(C(=O)N4C[C@@H](C)O[C@@H](C)C4)cc3F)cc2c(=O)[nH]1. The molecule has 1 aliphatic rings. The van der Waals surface area contributed by atoms with Crippen molar-refractivity contribution in [2.45, 2.75) is 52.1 Å². The van der Waals surface area contributed by atoms with E-state index >= 15 is 0 Å². The fraction of sp³-hybridized carbons (Fsp3) is 0.435. The average Bonchev–Trinajstić information content (AvgIpc) is 2.77. The Morgan fingerprint density at radius 3 is 2.50 bits per heavy atom. The highest BCUT2D eigenvalue weighted by Crippen LogP contribution is 2.35. The number of nitrogens with one attached hydrogen (secondary N) is 2. The standard InChI is InChI=1S/C23H24F4N6O3/c1-10-8-33(9-11(2)36-10)22(35)14-5-17(24)20(28-7-14)29-12(3)15-6-16-19(30-13(4)31-21(16)34)32-18(15)23(25,26)27/h5-7,10-12H,8-9H2,1-4H3,(H,28,29)(H,30,31,32,34)/t10-,11+,12-/m0/s1. The number of anilines is 1. The van der Waals surface area contributed by atoms with Crippen molar-refractivity contribution in [1.29, 1.82) is 0 Å². The first-order chi connectivity index (χ1) is 16.8. The topological polar surface area (TPSA) is 113 Å². The number of aryl methyl sites for hydroxylation is 1. The number of hydrogen-bond donors (Lipinski definition) is 2. The molecule has 1 aliphatic heterocycles. The van der Waals surface area contributed by atoms with Crippen LogP contribution in [0.1, 0.15) is 54.3 Å². The molecule has 0 aliphatic carbocycles. The summed E-state index contributed by atoms with van der Waals surface area (Å²) in [5, 5.41) is 2.45. The van der Waals surface area contributed by atoms with Crippen LogP contribution in [0.3, 0.4) is 0 Å². The van der Waals surface area contributed by atoms with Crippen molar-refractivity contribution in [3.63, 3.8) is 0 Å². The Morgan fingerprint density at radius 1 is 1.22 bits per heavy atom. The molecule has 2 N–H and O–H groups in total. The van der Waals surface area contributed by atoms with E-state index in [0.717, 1.165) is 18.3 Å². The van der Waals surface area contributed by atoms with Gasteiger partial charge in [0.2, 0.25) is 0 Å². The van der Waals surface area contributed by atoms with E-state index in [1.54, 1.807) is 0 Å². The first-order valence-electron chi connectivity index (χ1n) is 11.2. The normalized spacial score (nSPS) is 19.4. The number of carbonyl (C=O) groups is 1. The summed E-state index contributed by atoms with van der Waals surface area (Å²) < 4.78 is 61.8. The zero-order valence-electron chi connectivity index (χ0n) is 19.9. The van der Waals surface area contributed by atoms with Gasteiger partial charge >= 0.3 is 6.18 Å². The van der Waals surface area contributed by atoms with Gasteiger partial charge in [0.15, 0.2) is 23.0 Å². The molecule has 9 nitrogen and oxygen atoms in total. The molecule has 36 heavy (non-hydrogen) atoms. The lowest BCUT2D eigenvalue weighted by atomic mass is 10.0. The van der Waals surface area contributed by atoms with E-state index < -0.39 is 35.2 Å². The molecule has 0 bridgehead atoms. The fourth-order valence-electron chi connectivity index (χ4n) is 4.22. The summed E-state index contributed by atoms with van der Waals surface area (Å²) in [6.07, 6.45) is -4.05. The first-order valence-corrected chi connectivity index (χ1v) is 11.2. The highest BCUT2D eigenvalue weighted by molar-refractivity contribution is 5.94. The van der Waals surface area contributed by atoms with Crippen LogP contribution in [0, 0.1) is 12.7 Å². The Bertz CT molecular complexity index is 1370. The first kappa shape index (κ1) is 25.5. The van der Waals surface area contributed by atoms with Gasteiger partial charge in [-0.25, -0.2) is 19.3 Å². The molecular weight excluding hydrogens is 484 g/mol. The molecule has 3 aromatic rings. The quantitative estimate of drug-likeness (QED) is 0.518. The molecule has 192 valence electrons. The third-order valence-corrected chi connectivity index (χ3v) is 5.73. The van der Waals surface area contributed by atoms with Gasteiger partial charge in [-0.3, -0.25) is 9.59 Å². The molecule has 1 fully saturated rings. The monoisotopic (exact) mass is 508 g/mol. The van der Waals surface area contributed by atoms with Crippen molar-refractivity contribution < 1.29 is 27.1 Å². The number of carbonyl (C=O) groups excluding carboxylic acids is 1. The molecular formula is C23H24F4N6O3. The maximum atomic E-state index is 14.9. The van der Waals surface area contributed by atoms with Crippen molar-refractivity contribution in [2.75, 3.05) is 18.4 Å². The predicted molar refractivity (Wildman–Crippen MR) is 122 cm³/mol. The van der Waals surface area contributed by atoms with Crippen molar-refractivity contribution in [1.82, 2.24) is 24.8 Å². The molecule has 1 amide bonds. The molecule has 4 heterocycles. The number of alkyl halides is 3. The third-order valence-electron chi connectivity index (χ3n) is 5.73. The molecule has 4 rings (SSSR count). The molecule has 3 atom stereocenters. The second kappa shape index (κ2) is 9.45. The van der Waals surface area contributed by atoms with Gasteiger partial charge in [-0.15, -0.1) is 0 Å². The minimum atomic E-state index is -4.85. The highest BCUT2D eigenvalue weighted by Gasteiger charge is 2.38. The van der Waals surface area contributed by atoms with Crippen LogP contribution in [0.5, 0.6) is 0 Å². The fourth-order valence-corrected chi connectivity index (χ4v) is 4.22. The van der Waals surface area contributed by atoms with E-state index in [1.165, 1.54) is 18.7 Å². The van der Waals surface area contributed by atoms with E-state index in [0.29, 0.717) is 13.1 Å². The van der Waals surface area contributed by atoms with E-state index in [-0.39, 0.29) is 46.0 Å². The third kappa shape index (κ3) is 5.15. The predicted octanol–water partition coefficient (Wildman–Crippen LogP) is 3.60. The maximum absolute atomic E-state index is 14.9. The number of ether oxygens (including phenoxy) is 1. The lowest BCUT2D eigenvalue weighted by Gasteiger charge is -2.35. The number of nitrogens with zero attached hydrogens (tertiary/aromatic N) is 4. The number of pyridine rings is 2. The largest absolute Gasteiger partial charge is 0.433 e. The van der Waals surface area contributed by atoms with Crippen LogP contribution in [0.4, 0.5) is 23.4 Å². The summed E-state index contributed by atoms with van der Waals surface area (Å²) in [7, 11) is 0. The zero-order chi connectivity index (χ0) is 26.4. The van der Waals surface area contributed by atoms with Crippen LogP contribution in [0.15, 0.2) is 23.1 Å². The molecule has 1 saturated heterocycles. The summed E-state index contributed by atoms with van der Waals surface area (Å²) in [6.45, 7) is 7.10. The molecule has 0 saturated carbocycles. The number of fused-ring (bicyclic) bond motifs is 1. The number of halogens is 4. The Kier molecular flexibility index (Phi) is 6.69. The van der Waals surface area contributed by atoms with Gasteiger partial charge in [0.1, 0.15) is 5.82 Å². The van der Waals surface area contributed by atoms with Crippen LogP contribution in [-0.4, -0.2) is 56.0 Å². The smallest absolute Gasteiger partial charge is 0.372 e. The zero-order valence-corrected chi connectivity index (χ0v) is 19.9. The molecule has 0 unspecified atom stereocenters. The number of H-pyrrole nitrogens is 1. The number of hydrogen-bond acceptors (Lipinski definition) is 7. The van der Waals surface area contributed by atoms with E-state index in [9.17, 15) is 27.2 Å². The van der Waals surface area contributed by atoms with Crippen LogP contribution in [-0.2, 0) is 10.9 Å². The van der Waals surface area contributed by atoms with Crippen LogP contribution >= 0.6 is 0 Å². The summed E-state index contributed by atoms with van der Waals surface area (Å²) in [5.41, 5.74) is -2.63. The molecule has 0 radical (unpaired) electrons. The molecule has 0 aromatic carbocycles. The number of aromatic nitrogens is 4. The van der Waals surface area contributed by atoms with Gasteiger partial charge in [0.05, 0.1) is 29.2 Å². The average molecular weight is 508 g/mol. The van der Waals surface area contributed by atoms with E-state index in [4.69, 9.17) is 4.74 Å². The molecule has 0 spiro atoms. The Labute approximate surface area is 202 Å². The van der Waals surface area contributed by atoms with Crippen molar-refractivity contribution in [3.8, 4) is 0 Å². The van der Waals surface area contributed by atoms with Crippen LogP contribution in [0.25, 0.3) is 11.0 Å². The van der Waals surface area contributed by atoms with Crippen LogP contribution < -0.4 is 10.9 Å². The minimum absolute atomic E-state index is 0.00309. The van der Waals surface area contributed by atoms with Gasteiger partial charge in [0, 0.05) is 24.8 Å². The van der Waals surface area contributed by atoms with E-state index in [2.05, 4.69) is 25.3 Å². The van der Waals surface area contributed by atoms with Crippen LogP contribution in [0.2, 0.25) is 0 Å². The second-order valence-corrected chi connectivity index (χ2v) is 8.83. The minimum Gasteiger partial charge on any atom is -0.372 e. The summed E-state index contributed by atoms with van der Waals surface area (Å²) in [4.78, 5) is 40.4. The highest BCUT2D eigenvalue weighted by atomic mass is 19.4. The van der Waals surface area contributed by atoms with Crippen molar-refractivity contribution in [3.05, 3.63) is 57.1 Å². The van der Waals surface area contributed by atoms with E-state index in [1.807, 2.05) is 13.8 Å². The van der Waals surface area contributed by atoms with Gasteiger partial charge < -0.3 is 19.9 Å². The number of morpholine rings is 1. The summed E-state index contributed by atoms with van der Waals surface area (Å²) in [5.74, 6) is -1.58. The molecule has 13 heteroatoms. The Morgan fingerprint density at radius 2 is 1.89 bits per heavy atom. The van der Waals surface area contributed by atoms with Crippen molar-refractivity contribution >= 4 is 22.8 Å². The number of rotatable bonds is 4.